The number of phenolic OH excluding ortho intramolecular Hbond substituents is 1. The highest BCUT2D eigenvalue weighted by Gasteiger charge is 2.35. The Morgan fingerprint density at radius 2 is 1.93 bits per heavy atom. The first-order valence-corrected chi connectivity index (χ1v) is 9.98. The summed E-state index contributed by atoms with van der Waals surface area (Å²) in [6.07, 6.45) is 8.35. The van der Waals surface area contributed by atoms with Crippen molar-refractivity contribution in [3.63, 3.8) is 0 Å². The van der Waals surface area contributed by atoms with E-state index in [2.05, 4.69) is 42.6 Å². The monoisotopic (exact) mass is 392 g/mol. The second-order valence-electron chi connectivity index (χ2n) is 7.96. The second kappa shape index (κ2) is 7.07. The van der Waals surface area contributed by atoms with Crippen LogP contribution in [0.15, 0.2) is 30.6 Å². The minimum absolute atomic E-state index is 0.0998. The van der Waals surface area contributed by atoms with Gasteiger partial charge < -0.3 is 15.3 Å². The summed E-state index contributed by atoms with van der Waals surface area (Å²) in [6.45, 7) is 1.76. The van der Waals surface area contributed by atoms with Gasteiger partial charge in [-0.05, 0) is 50.0 Å². The van der Waals surface area contributed by atoms with Crippen molar-refractivity contribution < 1.29 is 5.11 Å². The van der Waals surface area contributed by atoms with Crippen LogP contribution in [0.3, 0.4) is 0 Å². The van der Waals surface area contributed by atoms with Gasteiger partial charge in [0.2, 0.25) is 0 Å². The molecule has 9 heteroatoms. The zero-order valence-corrected chi connectivity index (χ0v) is 16.5. The zero-order chi connectivity index (χ0) is 20.0. The number of tetrazole rings is 1. The average molecular weight is 392 g/mol. The first-order valence-electron chi connectivity index (χ1n) is 9.98. The van der Waals surface area contributed by atoms with Crippen LogP contribution in [0.1, 0.15) is 31.5 Å². The summed E-state index contributed by atoms with van der Waals surface area (Å²) in [6, 6.07) is 6.96. The molecule has 4 heterocycles. The molecule has 2 N–H and O–H groups in total. The fourth-order valence-corrected chi connectivity index (χ4v) is 4.43. The quantitative estimate of drug-likeness (QED) is 0.693. The van der Waals surface area contributed by atoms with Crippen molar-refractivity contribution >= 4 is 5.82 Å². The highest BCUT2D eigenvalue weighted by atomic mass is 16.3. The van der Waals surface area contributed by atoms with Gasteiger partial charge in [0, 0.05) is 36.8 Å². The Balaban J connectivity index is 1.34. The van der Waals surface area contributed by atoms with E-state index >= 15 is 0 Å². The van der Waals surface area contributed by atoms with Crippen LogP contribution in [0.2, 0.25) is 0 Å². The lowest BCUT2D eigenvalue weighted by atomic mass is 9.98. The number of anilines is 1. The average Bonchev–Trinajstić information content (AvgIpc) is 3.32. The lowest BCUT2D eigenvalue weighted by Crippen LogP contribution is -2.47. The molecule has 29 heavy (non-hydrogen) atoms. The lowest BCUT2D eigenvalue weighted by molar-refractivity contribution is 0.353. The number of rotatable bonds is 4. The van der Waals surface area contributed by atoms with Gasteiger partial charge in [0.15, 0.2) is 5.82 Å². The van der Waals surface area contributed by atoms with Crippen molar-refractivity contribution in [1.29, 1.82) is 0 Å². The number of hydrogen-bond acceptors (Lipinski definition) is 8. The smallest absolute Gasteiger partial charge is 0.172 e. The molecule has 1 aromatic carbocycles. The number of aromatic nitrogens is 6. The van der Waals surface area contributed by atoms with Gasteiger partial charge in [-0.3, -0.25) is 4.98 Å². The van der Waals surface area contributed by atoms with E-state index in [-0.39, 0.29) is 5.75 Å². The molecule has 2 aliphatic rings. The molecule has 2 saturated heterocycles. The number of piperidine rings is 1. The summed E-state index contributed by atoms with van der Waals surface area (Å²) in [5.41, 5.74) is 1.88. The maximum absolute atomic E-state index is 10.5. The van der Waals surface area contributed by atoms with E-state index in [4.69, 9.17) is 0 Å². The third-order valence-corrected chi connectivity index (χ3v) is 6.00. The number of aryl methyl sites for hydroxylation is 1. The van der Waals surface area contributed by atoms with Crippen molar-refractivity contribution in [2.45, 2.75) is 50.7 Å². The summed E-state index contributed by atoms with van der Waals surface area (Å²) >= 11 is 0. The van der Waals surface area contributed by atoms with E-state index in [1.807, 2.05) is 6.07 Å². The molecule has 9 nitrogen and oxygen atoms in total. The summed E-state index contributed by atoms with van der Waals surface area (Å²) in [5.74, 6) is 1.53. The van der Waals surface area contributed by atoms with Crippen LogP contribution in [0, 0.1) is 6.92 Å². The van der Waals surface area contributed by atoms with Crippen LogP contribution < -0.4 is 10.2 Å². The zero-order valence-electron chi connectivity index (χ0n) is 16.5. The normalized spacial score (nSPS) is 23.3. The number of hydrogen-bond donors (Lipinski definition) is 2. The number of aromatic hydroxyl groups is 1. The number of nitrogens with zero attached hydrogens (tertiary/aromatic N) is 7. The maximum atomic E-state index is 10.5. The van der Waals surface area contributed by atoms with Crippen molar-refractivity contribution in [3.05, 3.63) is 36.4 Å². The van der Waals surface area contributed by atoms with Crippen LogP contribution in [0.25, 0.3) is 16.9 Å². The van der Waals surface area contributed by atoms with E-state index in [0.29, 0.717) is 40.9 Å². The number of benzene rings is 1. The third kappa shape index (κ3) is 3.42. The predicted octanol–water partition coefficient (Wildman–Crippen LogP) is 1.85. The Morgan fingerprint density at radius 3 is 2.55 bits per heavy atom. The standard InChI is InChI=1S/C20H24N8O/c1-12-24-26-28(25-12)15-5-6-17(19(29)9-15)18-10-22-20(11-21-18)27(2)16-7-13-3-4-14(8-16)23-13/h5-6,9-11,13-14,16,23,29H,3-4,7-8H2,1-2H3. The van der Waals surface area contributed by atoms with Gasteiger partial charge in [-0.25, -0.2) is 4.98 Å². The molecule has 3 aromatic rings. The SMILES string of the molecule is Cc1nnn(-c2ccc(-c3cnc(N(C)C4CC5CCC(C4)N5)cn3)c(O)c2)n1. The highest BCUT2D eigenvalue weighted by molar-refractivity contribution is 5.68. The van der Waals surface area contributed by atoms with Crippen molar-refractivity contribution in [3.8, 4) is 22.7 Å². The molecular formula is C20H24N8O. The van der Waals surface area contributed by atoms with Crippen molar-refractivity contribution in [1.82, 2.24) is 35.5 Å². The molecule has 0 spiro atoms. The van der Waals surface area contributed by atoms with Crippen LogP contribution in [-0.2, 0) is 0 Å². The molecule has 2 fully saturated rings. The first kappa shape index (κ1) is 18.0. The predicted molar refractivity (Wildman–Crippen MR) is 108 cm³/mol. The van der Waals surface area contributed by atoms with E-state index in [1.165, 1.54) is 17.6 Å². The molecule has 2 aliphatic heterocycles. The van der Waals surface area contributed by atoms with Crippen LogP contribution in [0.4, 0.5) is 5.82 Å². The van der Waals surface area contributed by atoms with Crippen LogP contribution >= 0.6 is 0 Å². The van der Waals surface area contributed by atoms with Gasteiger partial charge in [-0.1, -0.05) is 0 Å². The van der Waals surface area contributed by atoms with Crippen molar-refractivity contribution in [2.24, 2.45) is 0 Å². The van der Waals surface area contributed by atoms with Gasteiger partial charge >= 0.3 is 0 Å². The molecule has 0 saturated carbocycles. The summed E-state index contributed by atoms with van der Waals surface area (Å²) < 4.78 is 0. The molecule has 5 rings (SSSR count). The second-order valence-corrected chi connectivity index (χ2v) is 7.96. The summed E-state index contributed by atoms with van der Waals surface area (Å²) in [5, 5.41) is 26.1. The molecule has 2 bridgehead atoms. The molecule has 0 aliphatic carbocycles. The molecule has 2 atom stereocenters. The minimum Gasteiger partial charge on any atom is -0.507 e. The third-order valence-electron chi connectivity index (χ3n) is 6.00. The topological polar surface area (TPSA) is 105 Å². The van der Waals surface area contributed by atoms with Gasteiger partial charge in [0.25, 0.3) is 0 Å². The van der Waals surface area contributed by atoms with Gasteiger partial charge in [0.1, 0.15) is 11.6 Å². The molecule has 0 amide bonds. The molecule has 2 aromatic heterocycles. The van der Waals surface area contributed by atoms with E-state index in [9.17, 15) is 5.11 Å². The van der Waals surface area contributed by atoms with E-state index in [1.54, 1.807) is 31.5 Å². The maximum Gasteiger partial charge on any atom is 0.172 e. The largest absolute Gasteiger partial charge is 0.507 e. The summed E-state index contributed by atoms with van der Waals surface area (Å²) in [7, 11) is 2.10. The van der Waals surface area contributed by atoms with Gasteiger partial charge in [-0.2, -0.15) is 0 Å². The highest BCUT2D eigenvalue weighted by Crippen LogP contribution is 2.32. The molecule has 150 valence electrons. The Bertz CT molecular complexity index is 1010. The Kier molecular flexibility index (Phi) is 4.39. The Morgan fingerprint density at radius 1 is 1.14 bits per heavy atom. The fourth-order valence-electron chi connectivity index (χ4n) is 4.43. The number of fused-ring (bicyclic) bond motifs is 2. The minimum atomic E-state index is 0.0998. The Hall–Kier alpha value is -3.07. The fraction of sp³-hybridized carbons (Fsp3) is 0.450. The van der Waals surface area contributed by atoms with Gasteiger partial charge in [0.05, 0.1) is 23.8 Å². The Labute approximate surface area is 168 Å². The number of nitrogens with one attached hydrogen (secondary N) is 1. The molecule has 2 unspecified atom stereocenters. The first-order chi connectivity index (χ1) is 14.1. The molecular weight excluding hydrogens is 368 g/mol. The summed E-state index contributed by atoms with van der Waals surface area (Å²) in [4.78, 5) is 12.8. The number of phenols is 1. The van der Waals surface area contributed by atoms with E-state index in [0.717, 1.165) is 18.7 Å². The van der Waals surface area contributed by atoms with Crippen LogP contribution in [0.5, 0.6) is 5.75 Å². The van der Waals surface area contributed by atoms with Crippen molar-refractivity contribution in [2.75, 3.05) is 11.9 Å². The van der Waals surface area contributed by atoms with Gasteiger partial charge in [-0.15, -0.1) is 15.0 Å². The van der Waals surface area contributed by atoms with Crippen LogP contribution in [-0.4, -0.2) is 60.5 Å². The lowest BCUT2D eigenvalue weighted by Gasteiger charge is -2.36. The molecule has 0 radical (unpaired) electrons. The van der Waals surface area contributed by atoms with E-state index < -0.39 is 0 Å².